The lowest BCUT2D eigenvalue weighted by molar-refractivity contribution is -0.0123. The van der Waals surface area contributed by atoms with E-state index in [1.807, 2.05) is 31.2 Å². The smallest absolute Gasteiger partial charge is 0.198 e. The minimum absolute atomic E-state index is 0.0388. The first-order valence-electron chi connectivity index (χ1n) is 4.66. The van der Waals surface area contributed by atoms with E-state index in [-0.39, 0.29) is 12.7 Å². The van der Waals surface area contributed by atoms with Crippen LogP contribution in [0.15, 0.2) is 24.3 Å². The molecule has 0 N–H and O–H groups in total. The molecule has 1 heterocycles. The molecule has 2 atom stereocenters. The molecule has 15 heavy (non-hydrogen) atoms. The van der Waals surface area contributed by atoms with Crippen molar-refractivity contribution in [2.75, 3.05) is 6.61 Å². The van der Waals surface area contributed by atoms with Gasteiger partial charge < -0.3 is 9.47 Å². The fourth-order valence-corrected chi connectivity index (χ4v) is 1.63. The van der Waals surface area contributed by atoms with E-state index in [0.29, 0.717) is 5.02 Å². The molecule has 0 aliphatic carbocycles. The summed E-state index contributed by atoms with van der Waals surface area (Å²) in [5, 5.41) is 0.714. The molecule has 0 aromatic heterocycles. The van der Waals surface area contributed by atoms with Crippen molar-refractivity contribution in [2.45, 2.75) is 18.8 Å². The van der Waals surface area contributed by atoms with Gasteiger partial charge in [0.15, 0.2) is 5.79 Å². The van der Waals surface area contributed by atoms with E-state index < -0.39 is 5.79 Å². The van der Waals surface area contributed by atoms with Crippen LogP contribution in [-0.4, -0.2) is 12.4 Å². The first-order valence-corrected chi connectivity index (χ1v) is 5.04. The van der Waals surface area contributed by atoms with Crippen molar-refractivity contribution < 1.29 is 9.47 Å². The van der Waals surface area contributed by atoms with E-state index in [0.717, 1.165) is 5.56 Å². The standard InChI is InChI=1S/C12H11ClO2/c1-3-8-14-12(2)11(15-12)9-4-6-10(13)7-5-9/h1,4-7,11H,8H2,2H3/t11-,12-/m1/s1. The van der Waals surface area contributed by atoms with Gasteiger partial charge >= 0.3 is 0 Å². The Morgan fingerprint density at radius 3 is 2.80 bits per heavy atom. The molecule has 0 saturated carbocycles. The van der Waals surface area contributed by atoms with Gasteiger partial charge in [0, 0.05) is 5.02 Å². The maximum Gasteiger partial charge on any atom is 0.198 e. The second-order valence-corrected chi connectivity index (χ2v) is 3.99. The van der Waals surface area contributed by atoms with Crippen molar-refractivity contribution in [1.29, 1.82) is 0 Å². The Labute approximate surface area is 94.1 Å². The van der Waals surface area contributed by atoms with Crippen molar-refractivity contribution in [3.8, 4) is 12.3 Å². The zero-order valence-corrected chi connectivity index (χ0v) is 9.12. The number of epoxide rings is 1. The molecule has 2 rings (SSSR count). The van der Waals surface area contributed by atoms with Gasteiger partial charge in [-0.2, -0.15) is 0 Å². The van der Waals surface area contributed by atoms with Crippen LogP contribution in [-0.2, 0) is 9.47 Å². The quantitative estimate of drug-likeness (QED) is 0.580. The van der Waals surface area contributed by atoms with Crippen LogP contribution in [0.25, 0.3) is 0 Å². The van der Waals surface area contributed by atoms with E-state index in [1.165, 1.54) is 0 Å². The molecule has 0 spiro atoms. The van der Waals surface area contributed by atoms with Gasteiger partial charge in [-0.25, -0.2) is 0 Å². The Balaban J connectivity index is 2.04. The highest BCUT2D eigenvalue weighted by Gasteiger charge is 2.54. The molecule has 1 saturated heterocycles. The molecule has 1 aliphatic rings. The van der Waals surface area contributed by atoms with E-state index in [2.05, 4.69) is 5.92 Å². The van der Waals surface area contributed by atoms with Crippen LogP contribution in [0.2, 0.25) is 5.02 Å². The Morgan fingerprint density at radius 1 is 1.53 bits per heavy atom. The number of benzene rings is 1. The van der Waals surface area contributed by atoms with E-state index >= 15 is 0 Å². The predicted octanol–water partition coefficient (Wildman–Crippen LogP) is 2.78. The fraction of sp³-hybridized carbons (Fsp3) is 0.333. The summed E-state index contributed by atoms with van der Waals surface area (Å²) in [6.07, 6.45) is 5.08. The lowest BCUT2D eigenvalue weighted by atomic mass is 10.1. The summed E-state index contributed by atoms with van der Waals surface area (Å²) in [5.41, 5.74) is 1.05. The minimum atomic E-state index is -0.569. The van der Waals surface area contributed by atoms with Crippen molar-refractivity contribution in [3.05, 3.63) is 34.9 Å². The summed E-state index contributed by atoms with van der Waals surface area (Å²) in [6, 6.07) is 7.52. The van der Waals surface area contributed by atoms with Gasteiger partial charge in [-0.3, -0.25) is 0 Å². The molecule has 1 aromatic rings. The first-order chi connectivity index (χ1) is 7.15. The number of ether oxygens (including phenoxy) is 2. The SMILES string of the molecule is C#CCO[C@]1(C)O[C@@H]1c1ccc(Cl)cc1. The first kappa shape index (κ1) is 10.5. The van der Waals surface area contributed by atoms with Crippen molar-refractivity contribution in [3.63, 3.8) is 0 Å². The number of hydrogen-bond acceptors (Lipinski definition) is 2. The van der Waals surface area contributed by atoms with Gasteiger partial charge in [0.05, 0.1) is 0 Å². The molecule has 0 amide bonds. The highest BCUT2D eigenvalue weighted by atomic mass is 35.5. The van der Waals surface area contributed by atoms with E-state index in [9.17, 15) is 0 Å². The Hall–Kier alpha value is -1.01. The maximum absolute atomic E-state index is 5.79. The minimum Gasteiger partial charge on any atom is -0.334 e. The molecule has 78 valence electrons. The summed E-state index contributed by atoms with van der Waals surface area (Å²) >= 11 is 5.79. The maximum atomic E-state index is 5.79. The molecule has 2 nitrogen and oxygen atoms in total. The van der Waals surface area contributed by atoms with Crippen LogP contribution in [0.1, 0.15) is 18.6 Å². The third kappa shape index (κ3) is 2.15. The van der Waals surface area contributed by atoms with Crippen LogP contribution in [0.4, 0.5) is 0 Å². The molecular weight excluding hydrogens is 212 g/mol. The number of halogens is 1. The molecule has 3 heteroatoms. The van der Waals surface area contributed by atoms with Gasteiger partial charge in [-0.1, -0.05) is 29.7 Å². The summed E-state index contributed by atoms with van der Waals surface area (Å²) in [6.45, 7) is 2.14. The average Bonchev–Trinajstić information content (AvgIpc) is 2.90. The zero-order chi connectivity index (χ0) is 10.9. The number of hydrogen-bond donors (Lipinski definition) is 0. The number of terminal acetylenes is 1. The number of rotatable bonds is 3. The van der Waals surface area contributed by atoms with Gasteiger partial charge in [0.1, 0.15) is 12.7 Å². The van der Waals surface area contributed by atoms with Gasteiger partial charge in [0.2, 0.25) is 0 Å². The summed E-state index contributed by atoms with van der Waals surface area (Å²) < 4.78 is 10.9. The van der Waals surface area contributed by atoms with Crippen molar-refractivity contribution in [1.82, 2.24) is 0 Å². The highest BCUT2D eigenvalue weighted by molar-refractivity contribution is 6.30. The third-order valence-corrected chi connectivity index (χ3v) is 2.64. The second kappa shape index (κ2) is 3.86. The lowest BCUT2D eigenvalue weighted by Crippen LogP contribution is -2.12. The Kier molecular flexibility index (Phi) is 2.70. The molecular formula is C12H11ClO2. The average molecular weight is 223 g/mol. The molecule has 0 unspecified atom stereocenters. The second-order valence-electron chi connectivity index (χ2n) is 3.56. The van der Waals surface area contributed by atoms with Crippen LogP contribution >= 0.6 is 11.6 Å². The third-order valence-electron chi connectivity index (χ3n) is 2.39. The lowest BCUT2D eigenvalue weighted by Gasteiger charge is -2.05. The van der Waals surface area contributed by atoms with E-state index in [4.69, 9.17) is 27.5 Å². The Bertz CT molecular complexity index is 393. The zero-order valence-electron chi connectivity index (χ0n) is 8.37. The normalized spacial score (nSPS) is 28.5. The van der Waals surface area contributed by atoms with Gasteiger partial charge in [-0.15, -0.1) is 6.42 Å². The van der Waals surface area contributed by atoms with E-state index in [1.54, 1.807) is 0 Å². The topological polar surface area (TPSA) is 21.8 Å². The molecule has 0 radical (unpaired) electrons. The van der Waals surface area contributed by atoms with Gasteiger partial charge in [0.25, 0.3) is 0 Å². The van der Waals surface area contributed by atoms with Crippen LogP contribution < -0.4 is 0 Å². The summed E-state index contributed by atoms with van der Waals surface area (Å²) in [7, 11) is 0. The predicted molar refractivity (Wildman–Crippen MR) is 58.5 cm³/mol. The van der Waals surface area contributed by atoms with Crippen molar-refractivity contribution >= 4 is 11.6 Å². The largest absolute Gasteiger partial charge is 0.334 e. The Morgan fingerprint density at radius 2 is 2.20 bits per heavy atom. The summed E-state index contributed by atoms with van der Waals surface area (Å²) in [5.74, 6) is 1.85. The van der Waals surface area contributed by atoms with Crippen LogP contribution in [0.5, 0.6) is 0 Å². The van der Waals surface area contributed by atoms with Crippen molar-refractivity contribution in [2.24, 2.45) is 0 Å². The fourth-order valence-electron chi connectivity index (χ4n) is 1.50. The van der Waals surface area contributed by atoms with Gasteiger partial charge in [-0.05, 0) is 24.6 Å². The molecule has 1 aliphatic heterocycles. The molecule has 1 fully saturated rings. The molecule has 1 aromatic carbocycles. The molecule has 0 bridgehead atoms. The highest BCUT2D eigenvalue weighted by Crippen LogP contribution is 2.50. The van der Waals surface area contributed by atoms with Crippen LogP contribution in [0.3, 0.4) is 0 Å². The monoisotopic (exact) mass is 222 g/mol. The summed E-state index contributed by atoms with van der Waals surface area (Å²) in [4.78, 5) is 0. The van der Waals surface area contributed by atoms with Crippen LogP contribution in [0, 0.1) is 12.3 Å².